The quantitative estimate of drug-likeness (QED) is 0.637. The Morgan fingerprint density at radius 1 is 1.41 bits per heavy atom. The zero-order chi connectivity index (χ0) is 12.7. The van der Waals surface area contributed by atoms with Crippen molar-refractivity contribution < 1.29 is 14.7 Å². The van der Waals surface area contributed by atoms with Crippen molar-refractivity contribution in [3.05, 3.63) is 0 Å². The molecule has 0 aliphatic carbocycles. The van der Waals surface area contributed by atoms with Crippen molar-refractivity contribution in [1.29, 1.82) is 0 Å². The number of nitrogens with one attached hydrogen (secondary N) is 2. The third-order valence-electron chi connectivity index (χ3n) is 3.19. The molecule has 0 saturated carbocycles. The first-order chi connectivity index (χ1) is 8.09. The van der Waals surface area contributed by atoms with Gasteiger partial charge in [0.2, 0.25) is 5.91 Å². The smallest absolute Gasteiger partial charge is 0.303 e. The summed E-state index contributed by atoms with van der Waals surface area (Å²) >= 11 is 0. The van der Waals surface area contributed by atoms with Crippen molar-refractivity contribution in [3.8, 4) is 0 Å². The molecule has 1 aliphatic rings. The highest BCUT2D eigenvalue weighted by molar-refractivity contribution is 5.78. The predicted octanol–water partition coefficient (Wildman–Crippen LogP) is 0.603. The van der Waals surface area contributed by atoms with Gasteiger partial charge >= 0.3 is 5.97 Å². The molecule has 1 aliphatic heterocycles. The Bertz CT molecular complexity index is 262. The van der Waals surface area contributed by atoms with Gasteiger partial charge in [-0.15, -0.1) is 0 Å². The summed E-state index contributed by atoms with van der Waals surface area (Å²) in [4.78, 5) is 22.2. The van der Waals surface area contributed by atoms with Crippen LogP contribution in [0.3, 0.4) is 0 Å². The minimum Gasteiger partial charge on any atom is -0.481 e. The van der Waals surface area contributed by atoms with Gasteiger partial charge in [-0.3, -0.25) is 9.59 Å². The van der Waals surface area contributed by atoms with Crippen LogP contribution >= 0.6 is 0 Å². The number of carbonyl (C=O) groups excluding carboxylic acids is 1. The molecule has 0 bridgehead atoms. The molecule has 0 radical (unpaired) electrons. The number of carboxylic acids is 1. The Morgan fingerprint density at radius 3 is 2.65 bits per heavy atom. The van der Waals surface area contributed by atoms with Gasteiger partial charge in [0.25, 0.3) is 0 Å². The van der Waals surface area contributed by atoms with Gasteiger partial charge in [-0.05, 0) is 38.3 Å². The van der Waals surface area contributed by atoms with Crippen molar-refractivity contribution >= 4 is 11.9 Å². The first-order valence-corrected chi connectivity index (χ1v) is 6.30. The van der Waals surface area contributed by atoms with E-state index in [0.717, 1.165) is 25.9 Å². The maximum absolute atomic E-state index is 11.8. The van der Waals surface area contributed by atoms with E-state index in [-0.39, 0.29) is 24.2 Å². The Morgan fingerprint density at radius 2 is 2.06 bits per heavy atom. The minimum atomic E-state index is -0.776. The molecule has 1 amide bonds. The fourth-order valence-corrected chi connectivity index (χ4v) is 1.98. The summed E-state index contributed by atoms with van der Waals surface area (Å²) in [6.45, 7) is 4.36. The maximum atomic E-state index is 11.8. The molecule has 0 spiro atoms. The topological polar surface area (TPSA) is 78.4 Å². The summed E-state index contributed by atoms with van der Waals surface area (Å²) in [7, 11) is 0. The second-order valence-electron chi connectivity index (χ2n) is 4.81. The first kappa shape index (κ1) is 14.0. The lowest BCUT2D eigenvalue weighted by molar-refractivity contribution is -0.137. The fraction of sp³-hybridized carbons (Fsp3) is 0.833. The number of aliphatic carboxylic acids is 1. The van der Waals surface area contributed by atoms with Crippen LogP contribution in [0.2, 0.25) is 0 Å². The molecular weight excluding hydrogens is 220 g/mol. The lowest BCUT2D eigenvalue weighted by atomic mass is 9.97. The molecule has 1 unspecified atom stereocenters. The number of hydrogen-bond acceptors (Lipinski definition) is 3. The van der Waals surface area contributed by atoms with Crippen LogP contribution in [0.1, 0.15) is 32.6 Å². The Balaban J connectivity index is 2.15. The average molecular weight is 242 g/mol. The van der Waals surface area contributed by atoms with Crippen LogP contribution in [0.4, 0.5) is 0 Å². The highest BCUT2D eigenvalue weighted by Gasteiger charge is 2.20. The second-order valence-corrected chi connectivity index (χ2v) is 4.81. The van der Waals surface area contributed by atoms with E-state index >= 15 is 0 Å². The molecule has 0 aromatic rings. The molecule has 0 aromatic carbocycles. The summed E-state index contributed by atoms with van der Waals surface area (Å²) in [6.07, 6.45) is 2.58. The minimum absolute atomic E-state index is 0.119. The van der Waals surface area contributed by atoms with Crippen LogP contribution in [-0.2, 0) is 9.59 Å². The molecule has 1 atom stereocenters. The molecule has 1 fully saturated rings. The van der Waals surface area contributed by atoms with Crippen molar-refractivity contribution in [2.24, 2.45) is 11.8 Å². The van der Waals surface area contributed by atoms with Gasteiger partial charge in [-0.25, -0.2) is 0 Å². The molecule has 3 N–H and O–H groups in total. The van der Waals surface area contributed by atoms with E-state index in [1.54, 1.807) is 0 Å². The van der Waals surface area contributed by atoms with E-state index < -0.39 is 5.97 Å². The Hall–Kier alpha value is -1.10. The lowest BCUT2D eigenvalue weighted by Crippen LogP contribution is -2.39. The predicted molar refractivity (Wildman–Crippen MR) is 64.6 cm³/mol. The van der Waals surface area contributed by atoms with Crippen LogP contribution in [0, 0.1) is 11.8 Å². The average Bonchev–Trinajstić information content (AvgIpc) is 2.34. The molecule has 0 aromatic heterocycles. The van der Waals surface area contributed by atoms with E-state index in [4.69, 9.17) is 5.11 Å². The van der Waals surface area contributed by atoms with Gasteiger partial charge in [0, 0.05) is 18.9 Å². The summed E-state index contributed by atoms with van der Waals surface area (Å²) < 4.78 is 0. The summed E-state index contributed by atoms with van der Waals surface area (Å²) in [5.41, 5.74) is 0. The van der Waals surface area contributed by atoms with Crippen LogP contribution < -0.4 is 10.6 Å². The zero-order valence-corrected chi connectivity index (χ0v) is 10.4. The van der Waals surface area contributed by atoms with Crippen molar-refractivity contribution in [3.63, 3.8) is 0 Å². The number of piperidine rings is 1. The third-order valence-corrected chi connectivity index (χ3v) is 3.19. The molecule has 5 heteroatoms. The van der Waals surface area contributed by atoms with Crippen molar-refractivity contribution in [2.45, 2.75) is 32.6 Å². The molecule has 98 valence electrons. The normalized spacial score (nSPS) is 18.6. The van der Waals surface area contributed by atoms with Crippen LogP contribution in [0.25, 0.3) is 0 Å². The SMILES string of the molecule is CC(CCC(=O)O)CNC(=O)C1CCNCC1. The van der Waals surface area contributed by atoms with Crippen LogP contribution in [0.15, 0.2) is 0 Å². The van der Waals surface area contributed by atoms with E-state index in [1.807, 2.05) is 6.92 Å². The van der Waals surface area contributed by atoms with E-state index in [0.29, 0.717) is 13.0 Å². The molecule has 17 heavy (non-hydrogen) atoms. The monoisotopic (exact) mass is 242 g/mol. The molecular formula is C12H22N2O3. The van der Waals surface area contributed by atoms with E-state index in [9.17, 15) is 9.59 Å². The molecule has 1 heterocycles. The number of carbonyl (C=O) groups is 2. The van der Waals surface area contributed by atoms with Gasteiger partial charge in [0.1, 0.15) is 0 Å². The van der Waals surface area contributed by atoms with Crippen molar-refractivity contribution in [2.75, 3.05) is 19.6 Å². The number of hydrogen-bond donors (Lipinski definition) is 3. The van der Waals surface area contributed by atoms with Gasteiger partial charge in [-0.2, -0.15) is 0 Å². The van der Waals surface area contributed by atoms with Crippen LogP contribution in [0.5, 0.6) is 0 Å². The number of amides is 1. The highest BCUT2D eigenvalue weighted by atomic mass is 16.4. The van der Waals surface area contributed by atoms with Crippen LogP contribution in [-0.4, -0.2) is 36.6 Å². The lowest BCUT2D eigenvalue weighted by Gasteiger charge is -2.22. The summed E-state index contributed by atoms with van der Waals surface area (Å²) in [6, 6.07) is 0. The fourth-order valence-electron chi connectivity index (χ4n) is 1.98. The van der Waals surface area contributed by atoms with E-state index in [2.05, 4.69) is 10.6 Å². The largest absolute Gasteiger partial charge is 0.481 e. The van der Waals surface area contributed by atoms with Gasteiger partial charge in [-0.1, -0.05) is 6.92 Å². The third kappa shape index (κ3) is 5.68. The summed E-state index contributed by atoms with van der Waals surface area (Å²) in [5.74, 6) is -0.310. The summed E-state index contributed by atoms with van der Waals surface area (Å²) in [5, 5.41) is 14.7. The highest BCUT2D eigenvalue weighted by Crippen LogP contribution is 2.12. The second kappa shape index (κ2) is 7.27. The first-order valence-electron chi connectivity index (χ1n) is 6.30. The number of rotatable bonds is 6. The van der Waals surface area contributed by atoms with E-state index in [1.165, 1.54) is 0 Å². The Labute approximate surface area is 102 Å². The van der Waals surface area contributed by atoms with Gasteiger partial charge in [0.05, 0.1) is 0 Å². The molecule has 1 saturated heterocycles. The number of carboxylic acid groups (broad SMARTS) is 1. The zero-order valence-electron chi connectivity index (χ0n) is 10.4. The maximum Gasteiger partial charge on any atom is 0.303 e. The Kier molecular flexibility index (Phi) is 5.97. The molecule has 5 nitrogen and oxygen atoms in total. The van der Waals surface area contributed by atoms with Crippen molar-refractivity contribution in [1.82, 2.24) is 10.6 Å². The molecule has 1 rings (SSSR count). The van der Waals surface area contributed by atoms with Gasteiger partial charge < -0.3 is 15.7 Å². The van der Waals surface area contributed by atoms with Gasteiger partial charge in [0.15, 0.2) is 0 Å². The standard InChI is InChI=1S/C12H22N2O3/c1-9(2-3-11(15)16)8-14-12(17)10-4-6-13-7-5-10/h9-10,13H,2-8H2,1H3,(H,14,17)(H,15,16).